The molecule has 0 aliphatic carbocycles. The van der Waals surface area contributed by atoms with Gasteiger partial charge in [0.1, 0.15) is 18.1 Å². The van der Waals surface area contributed by atoms with Gasteiger partial charge in [-0.05, 0) is 30.7 Å². The molecule has 3 rings (SSSR count). The molecular weight excluding hydrogens is 416 g/mol. The summed E-state index contributed by atoms with van der Waals surface area (Å²) in [6.45, 7) is 8.48. The van der Waals surface area contributed by atoms with Crippen LogP contribution in [-0.2, 0) is 15.0 Å². The van der Waals surface area contributed by atoms with Gasteiger partial charge in [-0.25, -0.2) is 4.68 Å². The van der Waals surface area contributed by atoms with E-state index in [1.54, 1.807) is 16.8 Å². The zero-order chi connectivity index (χ0) is 23.8. The fourth-order valence-corrected chi connectivity index (χ4v) is 3.27. The van der Waals surface area contributed by atoms with E-state index in [1.165, 1.54) is 4.90 Å². The van der Waals surface area contributed by atoms with Crippen LogP contribution in [0.4, 0.5) is 5.82 Å². The van der Waals surface area contributed by atoms with Crippen molar-refractivity contribution in [2.24, 2.45) is 0 Å². The molecule has 7 heteroatoms. The lowest BCUT2D eigenvalue weighted by atomic mass is 9.92. The Morgan fingerprint density at radius 3 is 2.27 bits per heavy atom. The Morgan fingerprint density at radius 1 is 1.03 bits per heavy atom. The molecule has 174 valence electrons. The summed E-state index contributed by atoms with van der Waals surface area (Å²) in [7, 11) is 0. The summed E-state index contributed by atoms with van der Waals surface area (Å²) < 4.78 is 7.30. The Bertz CT molecular complexity index is 1060. The number of aromatic nitrogens is 2. The van der Waals surface area contributed by atoms with Crippen molar-refractivity contribution in [1.29, 1.82) is 0 Å². The molecule has 2 amide bonds. The second-order valence-electron chi connectivity index (χ2n) is 8.88. The predicted molar refractivity (Wildman–Crippen MR) is 130 cm³/mol. The fraction of sp³-hybridized carbons (Fsp3) is 0.346. The lowest BCUT2D eigenvalue weighted by Crippen LogP contribution is -2.41. The standard InChI is InChI=1S/C26H32N4O3/c1-5-16-29(25(32)19-33-21-14-10-7-11-15-21)18-24(31)27-23-17-22(26(2,3)4)28-30(23)20-12-8-6-9-13-20/h6-15,17H,5,16,18-19H2,1-4H3,(H,27,31). The SMILES string of the molecule is CCCN(CC(=O)Nc1cc(C(C)(C)C)nn1-c1ccccc1)C(=O)COc1ccccc1. The molecule has 0 radical (unpaired) electrons. The van der Waals surface area contributed by atoms with Crippen LogP contribution in [0.2, 0.25) is 0 Å². The van der Waals surface area contributed by atoms with Crippen LogP contribution in [0, 0.1) is 0 Å². The van der Waals surface area contributed by atoms with Gasteiger partial charge in [0.05, 0.1) is 11.4 Å². The van der Waals surface area contributed by atoms with Crippen molar-refractivity contribution >= 4 is 17.6 Å². The van der Waals surface area contributed by atoms with Gasteiger partial charge < -0.3 is 15.0 Å². The molecule has 0 fully saturated rings. The van der Waals surface area contributed by atoms with Crippen molar-refractivity contribution in [3.63, 3.8) is 0 Å². The van der Waals surface area contributed by atoms with Gasteiger partial charge in [0.15, 0.2) is 6.61 Å². The largest absolute Gasteiger partial charge is 0.484 e. The number of rotatable bonds is 9. The third kappa shape index (κ3) is 6.68. The van der Waals surface area contributed by atoms with Crippen molar-refractivity contribution in [3.8, 4) is 11.4 Å². The minimum atomic E-state index is -0.283. The van der Waals surface area contributed by atoms with E-state index in [9.17, 15) is 9.59 Å². The molecule has 0 saturated heterocycles. The van der Waals surface area contributed by atoms with Crippen LogP contribution in [0.15, 0.2) is 66.7 Å². The van der Waals surface area contributed by atoms with Gasteiger partial charge in [0, 0.05) is 18.0 Å². The lowest BCUT2D eigenvalue weighted by Gasteiger charge is -2.21. The van der Waals surface area contributed by atoms with Gasteiger partial charge in [-0.1, -0.05) is 64.1 Å². The van der Waals surface area contributed by atoms with Crippen molar-refractivity contribution < 1.29 is 14.3 Å². The molecule has 7 nitrogen and oxygen atoms in total. The molecule has 0 aliphatic heterocycles. The number of carbonyl (C=O) groups is 2. The number of amides is 2. The summed E-state index contributed by atoms with van der Waals surface area (Å²) in [6.07, 6.45) is 0.737. The first-order valence-electron chi connectivity index (χ1n) is 11.2. The summed E-state index contributed by atoms with van der Waals surface area (Å²) in [6, 6.07) is 20.7. The Kier molecular flexibility index (Phi) is 7.87. The van der Waals surface area contributed by atoms with Crippen LogP contribution >= 0.6 is 0 Å². The highest BCUT2D eigenvalue weighted by atomic mass is 16.5. The number of hydrogen-bond donors (Lipinski definition) is 1. The highest BCUT2D eigenvalue weighted by Gasteiger charge is 2.23. The van der Waals surface area contributed by atoms with Gasteiger partial charge in [-0.15, -0.1) is 0 Å². The van der Waals surface area contributed by atoms with Crippen molar-refractivity contribution in [2.45, 2.75) is 39.5 Å². The van der Waals surface area contributed by atoms with Crippen molar-refractivity contribution in [2.75, 3.05) is 25.0 Å². The highest BCUT2D eigenvalue weighted by molar-refractivity contribution is 5.94. The summed E-state index contributed by atoms with van der Waals surface area (Å²) >= 11 is 0. The average molecular weight is 449 g/mol. The normalized spacial score (nSPS) is 11.2. The van der Waals surface area contributed by atoms with Crippen LogP contribution < -0.4 is 10.1 Å². The van der Waals surface area contributed by atoms with E-state index >= 15 is 0 Å². The van der Waals surface area contributed by atoms with Gasteiger partial charge >= 0.3 is 0 Å². The van der Waals surface area contributed by atoms with Crippen molar-refractivity contribution in [3.05, 3.63) is 72.4 Å². The molecule has 0 spiro atoms. The zero-order valence-electron chi connectivity index (χ0n) is 19.7. The monoisotopic (exact) mass is 448 g/mol. The van der Waals surface area contributed by atoms with Gasteiger partial charge in [0.2, 0.25) is 5.91 Å². The van der Waals surface area contributed by atoms with Gasteiger partial charge in [-0.2, -0.15) is 5.10 Å². The van der Waals surface area contributed by atoms with E-state index in [1.807, 2.05) is 61.5 Å². The molecule has 33 heavy (non-hydrogen) atoms. The molecular formula is C26H32N4O3. The third-order valence-corrected chi connectivity index (χ3v) is 5.03. The van der Waals surface area contributed by atoms with Crippen LogP contribution in [-0.4, -0.2) is 46.2 Å². The van der Waals surface area contributed by atoms with Crippen molar-refractivity contribution in [1.82, 2.24) is 14.7 Å². The van der Waals surface area contributed by atoms with Crippen LogP contribution in [0.25, 0.3) is 5.69 Å². The van der Waals surface area contributed by atoms with E-state index in [-0.39, 0.29) is 30.4 Å². The minimum Gasteiger partial charge on any atom is -0.484 e. The highest BCUT2D eigenvalue weighted by Crippen LogP contribution is 2.26. The molecule has 0 bridgehead atoms. The summed E-state index contributed by atoms with van der Waals surface area (Å²) in [5, 5.41) is 7.67. The summed E-state index contributed by atoms with van der Waals surface area (Å²) in [4.78, 5) is 27.2. The summed E-state index contributed by atoms with van der Waals surface area (Å²) in [5.41, 5.74) is 1.53. The molecule has 2 aromatic carbocycles. The zero-order valence-corrected chi connectivity index (χ0v) is 19.7. The second kappa shape index (κ2) is 10.8. The quantitative estimate of drug-likeness (QED) is 0.526. The first-order valence-corrected chi connectivity index (χ1v) is 11.2. The molecule has 0 saturated carbocycles. The molecule has 1 N–H and O–H groups in total. The number of hydrogen-bond acceptors (Lipinski definition) is 4. The van der Waals surface area contributed by atoms with E-state index < -0.39 is 0 Å². The molecule has 1 aromatic heterocycles. The molecule has 3 aromatic rings. The van der Waals surface area contributed by atoms with E-state index in [0.29, 0.717) is 18.1 Å². The molecule has 0 aliphatic rings. The maximum Gasteiger partial charge on any atom is 0.260 e. The maximum absolute atomic E-state index is 12.9. The van der Waals surface area contributed by atoms with E-state index in [4.69, 9.17) is 9.84 Å². The molecule has 0 atom stereocenters. The first-order chi connectivity index (χ1) is 15.8. The Hall–Kier alpha value is -3.61. The molecule has 0 unspecified atom stereocenters. The Morgan fingerprint density at radius 2 is 1.67 bits per heavy atom. The first kappa shape index (κ1) is 24.0. The van der Waals surface area contributed by atoms with E-state index in [2.05, 4.69) is 26.1 Å². The molecule has 1 heterocycles. The number of para-hydroxylation sites is 2. The van der Waals surface area contributed by atoms with Gasteiger partial charge in [0.25, 0.3) is 5.91 Å². The fourth-order valence-electron chi connectivity index (χ4n) is 3.27. The number of nitrogens with zero attached hydrogens (tertiary/aromatic N) is 3. The predicted octanol–water partition coefficient (Wildman–Crippen LogP) is 4.43. The third-order valence-electron chi connectivity index (χ3n) is 5.03. The Labute approximate surface area is 195 Å². The van der Waals surface area contributed by atoms with E-state index in [0.717, 1.165) is 17.8 Å². The topological polar surface area (TPSA) is 76.5 Å². The Balaban J connectivity index is 1.72. The number of anilines is 1. The second-order valence-corrected chi connectivity index (χ2v) is 8.88. The average Bonchev–Trinajstić information content (AvgIpc) is 3.22. The van der Waals surface area contributed by atoms with Crippen LogP contribution in [0.5, 0.6) is 5.75 Å². The minimum absolute atomic E-state index is 0.0599. The van der Waals surface area contributed by atoms with Gasteiger partial charge in [-0.3, -0.25) is 9.59 Å². The lowest BCUT2D eigenvalue weighted by molar-refractivity contribution is -0.136. The van der Waals surface area contributed by atoms with Crippen LogP contribution in [0.3, 0.4) is 0 Å². The number of nitrogens with one attached hydrogen (secondary N) is 1. The summed E-state index contributed by atoms with van der Waals surface area (Å²) in [5.74, 6) is 0.672. The maximum atomic E-state index is 12.9. The smallest absolute Gasteiger partial charge is 0.260 e. The number of ether oxygens (including phenoxy) is 1. The number of benzene rings is 2. The number of carbonyl (C=O) groups excluding carboxylic acids is 2. The van der Waals surface area contributed by atoms with Crippen LogP contribution in [0.1, 0.15) is 39.8 Å².